The molecule has 0 saturated carbocycles. The van der Waals surface area contributed by atoms with Crippen LogP contribution in [0.2, 0.25) is 0 Å². The minimum Gasteiger partial charge on any atom is -0.478 e. The zero-order chi connectivity index (χ0) is 18.0. The van der Waals surface area contributed by atoms with Crippen LogP contribution in [0.1, 0.15) is 62.4 Å². The molecule has 0 bridgehead atoms. The predicted molar refractivity (Wildman–Crippen MR) is 94.2 cm³/mol. The van der Waals surface area contributed by atoms with E-state index in [2.05, 4.69) is 4.98 Å². The second-order valence-electron chi connectivity index (χ2n) is 6.59. The van der Waals surface area contributed by atoms with E-state index in [-0.39, 0.29) is 23.4 Å². The molecule has 2 aromatic heterocycles. The van der Waals surface area contributed by atoms with E-state index in [1.54, 1.807) is 15.2 Å². The zero-order valence-electron chi connectivity index (χ0n) is 14.8. The molecule has 25 heavy (non-hydrogen) atoms. The van der Waals surface area contributed by atoms with Crippen LogP contribution < -0.4 is 5.69 Å². The van der Waals surface area contributed by atoms with Crippen LogP contribution in [0.15, 0.2) is 17.1 Å². The molecule has 136 valence electrons. The molecule has 7 nitrogen and oxygen atoms in total. The summed E-state index contributed by atoms with van der Waals surface area (Å²) in [7, 11) is 0. The van der Waals surface area contributed by atoms with Crippen molar-refractivity contribution in [1.29, 1.82) is 0 Å². The number of rotatable bonds is 6. The third kappa shape index (κ3) is 3.33. The van der Waals surface area contributed by atoms with Crippen molar-refractivity contribution in [2.24, 2.45) is 0 Å². The summed E-state index contributed by atoms with van der Waals surface area (Å²) in [6, 6.07) is 1.60. The van der Waals surface area contributed by atoms with Crippen molar-refractivity contribution in [3.05, 3.63) is 28.3 Å². The highest BCUT2D eigenvalue weighted by Gasteiger charge is 2.23. The number of ether oxygens (including phenoxy) is 1. The summed E-state index contributed by atoms with van der Waals surface area (Å²) < 4.78 is 9.13. The molecular weight excluding hydrogens is 322 g/mol. The molecule has 1 unspecified atom stereocenters. The lowest BCUT2D eigenvalue weighted by Crippen LogP contribution is -2.32. The number of nitrogens with zero attached hydrogens (tertiary/aromatic N) is 3. The molecule has 1 saturated heterocycles. The smallest absolute Gasteiger partial charge is 0.337 e. The van der Waals surface area contributed by atoms with Gasteiger partial charge in [0.15, 0.2) is 5.65 Å². The predicted octanol–water partition coefficient (Wildman–Crippen LogP) is 2.83. The van der Waals surface area contributed by atoms with Gasteiger partial charge >= 0.3 is 11.7 Å². The number of aromatic carboxylic acids is 1. The molecule has 0 aliphatic carbocycles. The first kappa shape index (κ1) is 17.7. The summed E-state index contributed by atoms with van der Waals surface area (Å²) in [4.78, 5) is 28.7. The highest BCUT2D eigenvalue weighted by atomic mass is 16.5. The van der Waals surface area contributed by atoms with Crippen LogP contribution in [0.3, 0.4) is 0 Å². The summed E-state index contributed by atoms with van der Waals surface area (Å²) in [6.45, 7) is 5.23. The van der Waals surface area contributed by atoms with Crippen molar-refractivity contribution in [2.75, 3.05) is 6.61 Å². The maximum absolute atomic E-state index is 13.1. The summed E-state index contributed by atoms with van der Waals surface area (Å²) in [5, 5.41) is 9.28. The first-order valence-electron chi connectivity index (χ1n) is 9.02. The van der Waals surface area contributed by atoms with Crippen LogP contribution in [0, 0.1) is 0 Å². The second kappa shape index (κ2) is 7.39. The Hall–Kier alpha value is -2.15. The molecule has 1 aliphatic rings. The largest absolute Gasteiger partial charge is 0.478 e. The average molecular weight is 347 g/mol. The third-order valence-corrected chi connectivity index (χ3v) is 5.02. The van der Waals surface area contributed by atoms with Crippen molar-refractivity contribution in [2.45, 2.75) is 64.6 Å². The van der Waals surface area contributed by atoms with Crippen LogP contribution >= 0.6 is 0 Å². The number of carboxylic acids is 1. The van der Waals surface area contributed by atoms with Gasteiger partial charge in [-0.25, -0.2) is 14.6 Å². The highest BCUT2D eigenvalue weighted by molar-refractivity contribution is 5.91. The fraction of sp³-hybridized carbons (Fsp3) is 0.611. The number of aromatic nitrogens is 3. The van der Waals surface area contributed by atoms with E-state index in [1.807, 2.05) is 13.8 Å². The Balaban J connectivity index is 2.14. The minimum absolute atomic E-state index is 0.0133. The van der Waals surface area contributed by atoms with Gasteiger partial charge in [-0.05, 0) is 38.2 Å². The second-order valence-corrected chi connectivity index (χ2v) is 6.59. The Bertz CT molecular complexity index is 814. The first-order valence-corrected chi connectivity index (χ1v) is 9.02. The minimum atomic E-state index is -1.04. The van der Waals surface area contributed by atoms with Crippen LogP contribution in [0.4, 0.5) is 0 Å². The lowest BCUT2D eigenvalue weighted by Gasteiger charge is -2.22. The van der Waals surface area contributed by atoms with Crippen molar-refractivity contribution >= 4 is 17.1 Å². The number of fused-ring (bicyclic) bond motifs is 1. The van der Waals surface area contributed by atoms with Crippen LogP contribution in [-0.4, -0.2) is 37.9 Å². The number of hydrogen-bond acceptors (Lipinski definition) is 4. The van der Waals surface area contributed by atoms with Crippen molar-refractivity contribution in [3.63, 3.8) is 0 Å². The van der Waals surface area contributed by atoms with Gasteiger partial charge in [-0.3, -0.25) is 9.13 Å². The molecule has 2 aromatic rings. The summed E-state index contributed by atoms with van der Waals surface area (Å²) in [6.07, 6.45) is 5.99. The molecule has 1 atom stereocenters. The van der Waals surface area contributed by atoms with E-state index < -0.39 is 5.97 Å². The molecule has 7 heteroatoms. The van der Waals surface area contributed by atoms with E-state index in [0.29, 0.717) is 24.3 Å². The zero-order valence-corrected chi connectivity index (χ0v) is 14.8. The van der Waals surface area contributed by atoms with Gasteiger partial charge in [0.25, 0.3) is 0 Å². The van der Waals surface area contributed by atoms with Gasteiger partial charge in [-0.15, -0.1) is 0 Å². The Kier molecular flexibility index (Phi) is 5.22. The number of pyridine rings is 1. The van der Waals surface area contributed by atoms with Crippen molar-refractivity contribution < 1.29 is 14.6 Å². The molecule has 1 N–H and O–H groups in total. The molecule has 0 radical (unpaired) electrons. The quantitative estimate of drug-likeness (QED) is 0.868. The molecule has 0 aromatic carbocycles. The van der Waals surface area contributed by atoms with Crippen LogP contribution in [0.25, 0.3) is 11.2 Å². The fourth-order valence-electron chi connectivity index (χ4n) is 3.59. The average Bonchev–Trinajstić information content (AvgIpc) is 2.89. The van der Waals surface area contributed by atoms with Gasteiger partial charge in [0.1, 0.15) is 0 Å². The molecule has 0 amide bonds. The molecule has 1 fully saturated rings. The lowest BCUT2D eigenvalue weighted by molar-refractivity contribution is 0.00597. The van der Waals surface area contributed by atoms with E-state index in [9.17, 15) is 14.7 Å². The van der Waals surface area contributed by atoms with Gasteiger partial charge < -0.3 is 9.84 Å². The maximum Gasteiger partial charge on any atom is 0.337 e. The van der Waals surface area contributed by atoms with Gasteiger partial charge in [0.2, 0.25) is 0 Å². The van der Waals surface area contributed by atoms with Gasteiger partial charge in [-0.2, -0.15) is 0 Å². The van der Waals surface area contributed by atoms with E-state index in [4.69, 9.17) is 4.74 Å². The molecule has 0 spiro atoms. The highest BCUT2D eigenvalue weighted by Crippen LogP contribution is 2.23. The normalized spacial score (nSPS) is 18.1. The molecule has 3 rings (SSSR count). The van der Waals surface area contributed by atoms with Crippen LogP contribution in [0.5, 0.6) is 0 Å². The van der Waals surface area contributed by atoms with E-state index in [1.165, 1.54) is 6.20 Å². The molecule has 1 aliphatic heterocycles. The van der Waals surface area contributed by atoms with Crippen molar-refractivity contribution in [1.82, 2.24) is 14.1 Å². The standard InChI is InChI=1S/C18H25N3O4/c1-3-13(4-2)21-16-15(9-12(10-19-16)17(22)23)20(18(21)24)11-14-7-5-6-8-25-14/h9-10,13-14H,3-8,11H2,1-2H3,(H,22,23). The van der Waals surface area contributed by atoms with E-state index >= 15 is 0 Å². The summed E-state index contributed by atoms with van der Waals surface area (Å²) in [5.74, 6) is -1.04. The van der Waals surface area contributed by atoms with Gasteiger partial charge in [0.05, 0.1) is 23.7 Å². The Morgan fingerprint density at radius 1 is 1.40 bits per heavy atom. The topological polar surface area (TPSA) is 86.3 Å². The molecular formula is C18H25N3O4. The maximum atomic E-state index is 13.1. The first-order chi connectivity index (χ1) is 12.1. The Labute approximate surface area is 146 Å². The number of imidazole rings is 1. The number of hydrogen-bond donors (Lipinski definition) is 1. The van der Waals surface area contributed by atoms with Crippen molar-refractivity contribution in [3.8, 4) is 0 Å². The fourth-order valence-corrected chi connectivity index (χ4v) is 3.59. The summed E-state index contributed by atoms with van der Waals surface area (Å²) in [5.41, 5.74) is 1.09. The van der Waals surface area contributed by atoms with Gasteiger partial charge in [0, 0.05) is 18.8 Å². The Morgan fingerprint density at radius 3 is 2.76 bits per heavy atom. The van der Waals surface area contributed by atoms with Gasteiger partial charge in [-0.1, -0.05) is 13.8 Å². The monoisotopic (exact) mass is 347 g/mol. The lowest BCUT2D eigenvalue weighted by atomic mass is 10.1. The molecule has 3 heterocycles. The SMILES string of the molecule is CCC(CC)n1c(=O)n(CC2CCCCO2)c2cc(C(=O)O)cnc21. The third-order valence-electron chi connectivity index (χ3n) is 5.02. The summed E-state index contributed by atoms with van der Waals surface area (Å²) >= 11 is 0. The van der Waals surface area contributed by atoms with Crippen LogP contribution in [-0.2, 0) is 11.3 Å². The van der Waals surface area contributed by atoms with E-state index in [0.717, 1.165) is 32.1 Å². The number of carboxylic acid groups (broad SMARTS) is 1. The Morgan fingerprint density at radius 2 is 2.16 bits per heavy atom. The number of carbonyl (C=O) groups is 1.